The monoisotopic (exact) mass is 256 g/mol. The molecule has 0 aliphatic heterocycles. The Hall–Kier alpha value is -0.570. The maximum atomic E-state index is 11.3. The minimum absolute atomic E-state index is 0.110. The van der Waals surface area contributed by atoms with E-state index in [9.17, 15) is 4.79 Å². The van der Waals surface area contributed by atoms with Crippen LogP contribution >= 0.6 is 0 Å². The van der Waals surface area contributed by atoms with Crippen molar-refractivity contribution in [1.82, 2.24) is 10.6 Å². The van der Waals surface area contributed by atoms with Crippen LogP contribution in [-0.2, 0) is 4.79 Å². The van der Waals surface area contributed by atoms with Gasteiger partial charge in [0, 0.05) is 18.5 Å². The summed E-state index contributed by atoms with van der Waals surface area (Å²) in [7, 11) is 0. The van der Waals surface area contributed by atoms with Gasteiger partial charge in [-0.3, -0.25) is 4.79 Å². The van der Waals surface area contributed by atoms with E-state index < -0.39 is 0 Å². The maximum Gasteiger partial charge on any atom is 0.222 e. The van der Waals surface area contributed by atoms with E-state index in [-0.39, 0.29) is 11.8 Å². The molecule has 0 saturated carbocycles. The van der Waals surface area contributed by atoms with Crippen LogP contribution in [0.2, 0.25) is 0 Å². The Morgan fingerprint density at radius 2 is 1.33 bits per heavy atom. The van der Waals surface area contributed by atoms with Gasteiger partial charge in [-0.05, 0) is 19.4 Å². The van der Waals surface area contributed by atoms with E-state index in [0.717, 1.165) is 19.5 Å². The number of amides is 1. The standard InChI is InChI=1S/C15H32N2O/c1-13(2)15(18)17-12-10-8-6-5-7-9-11-16-14(3)4/h13-14,16H,5-12H2,1-4H3,(H,17,18). The first-order valence-corrected chi connectivity index (χ1v) is 7.55. The predicted molar refractivity (Wildman–Crippen MR) is 78.7 cm³/mol. The van der Waals surface area contributed by atoms with Crippen LogP contribution in [0.3, 0.4) is 0 Å². The third kappa shape index (κ3) is 11.9. The van der Waals surface area contributed by atoms with Crippen LogP contribution in [-0.4, -0.2) is 25.0 Å². The van der Waals surface area contributed by atoms with Gasteiger partial charge in [0.1, 0.15) is 0 Å². The predicted octanol–water partition coefficient (Wildman–Crippen LogP) is 3.10. The molecule has 0 aromatic heterocycles. The number of carbonyl (C=O) groups is 1. The van der Waals surface area contributed by atoms with Gasteiger partial charge in [-0.2, -0.15) is 0 Å². The minimum atomic E-state index is 0.110. The minimum Gasteiger partial charge on any atom is -0.356 e. The number of unbranched alkanes of at least 4 members (excludes halogenated alkanes) is 5. The number of hydrogen-bond acceptors (Lipinski definition) is 2. The normalized spacial score (nSPS) is 11.2. The lowest BCUT2D eigenvalue weighted by atomic mass is 10.1. The third-order valence-electron chi connectivity index (χ3n) is 2.98. The average Bonchev–Trinajstić information content (AvgIpc) is 2.30. The highest BCUT2D eigenvalue weighted by Gasteiger charge is 2.04. The summed E-state index contributed by atoms with van der Waals surface area (Å²) >= 11 is 0. The highest BCUT2D eigenvalue weighted by molar-refractivity contribution is 5.77. The number of hydrogen-bond donors (Lipinski definition) is 2. The zero-order chi connectivity index (χ0) is 13.8. The third-order valence-corrected chi connectivity index (χ3v) is 2.98. The van der Waals surface area contributed by atoms with E-state index in [0.29, 0.717) is 6.04 Å². The van der Waals surface area contributed by atoms with Crippen LogP contribution in [0, 0.1) is 5.92 Å². The summed E-state index contributed by atoms with van der Waals surface area (Å²) in [6.45, 7) is 10.2. The van der Waals surface area contributed by atoms with E-state index in [1.807, 2.05) is 13.8 Å². The molecule has 18 heavy (non-hydrogen) atoms. The van der Waals surface area contributed by atoms with Gasteiger partial charge < -0.3 is 10.6 Å². The molecule has 0 aliphatic carbocycles. The lowest BCUT2D eigenvalue weighted by Crippen LogP contribution is -2.28. The molecule has 0 unspecified atom stereocenters. The molecule has 0 radical (unpaired) electrons. The topological polar surface area (TPSA) is 41.1 Å². The number of carbonyl (C=O) groups excluding carboxylic acids is 1. The molecule has 0 saturated heterocycles. The molecular weight excluding hydrogens is 224 g/mol. The molecule has 0 spiro atoms. The number of rotatable bonds is 11. The van der Waals surface area contributed by atoms with Crippen molar-refractivity contribution < 1.29 is 4.79 Å². The van der Waals surface area contributed by atoms with Gasteiger partial charge >= 0.3 is 0 Å². The van der Waals surface area contributed by atoms with Crippen LogP contribution < -0.4 is 10.6 Å². The van der Waals surface area contributed by atoms with E-state index in [1.165, 1.54) is 32.1 Å². The molecule has 0 fully saturated rings. The zero-order valence-corrected chi connectivity index (χ0v) is 12.7. The van der Waals surface area contributed by atoms with Crippen LogP contribution in [0.1, 0.15) is 66.2 Å². The van der Waals surface area contributed by atoms with Crippen LogP contribution in [0.15, 0.2) is 0 Å². The van der Waals surface area contributed by atoms with Crippen molar-refractivity contribution in [3.05, 3.63) is 0 Å². The molecule has 0 bridgehead atoms. The highest BCUT2D eigenvalue weighted by atomic mass is 16.1. The summed E-state index contributed by atoms with van der Waals surface area (Å²) < 4.78 is 0. The number of nitrogens with one attached hydrogen (secondary N) is 2. The molecule has 0 heterocycles. The van der Waals surface area contributed by atoms with E-state index in [4.69, 9.17) is 0 Å². The second kappa shape index (κ2) is 11.5. The van der Waals surface area contributed by atoms with Gasteiger partial charge in [-0.25, -0.2) is 0 Å². The average molecular weight is 256 g/mol. The Bertz CT molecular complexity index is 203. The molecule has 0 aromatic carbocycles. The molecule has 0 aromatic rings. The molecule has 0 aliphatic rings. The smallest absolute Gasteiger partial charge is 0.222 e. The van der Waals surface area contributed by atoms with Crippen molar-refractivity contribution in [2.75, 3.05) is 13.1 Å². The first kappa shape index (κ1) is 17.4. The molecule has 3 nitrogen and oxygen atoms in total. The van der Waals surface area contributed by atoms with Gasteiger partial charge in [0.15, 0.2) is 0 Å². The summed E-state index contributed by atoms with van der Waals surface area (Å²) in [6.07, 6.45) is 7.55. The van der Waals surface area contributed by atoms with Crippen molar-refractivity contribution in [2.45, 2.75) is 72.3 Å². The molecule has 0 atom stereocenters. The van der Waals surface area contributed by atoms with Crippen molar-refractivity contribution in [1.29, 1.82) is 0 Å². The molecule has 108 valence electrons. The molecule has 0 rings (SSSR count). The van der Waals surface area contributed by atoms with Crippen molar-refractivity contribution in [3.8, 4) is 0 Å². The van der Waals surface area contributed by atoms with Crippen LogP contribution in [0.4, 0.5) is 0 Å². The SMILES string of the molecule is CC(C)NCCCCCCCCNC(=O)C(C)C. The Kier molecular flexibility index (Phi) is 11.2. The second-order valence-corrected chi connectivity index (χ2v) is 5.68. The van der Waals surface area contributed by atoms with E-state index >= 15 is 0 Å². The largest absolute Gasteiger partial charge is 0.356 e. The van der Waals surface area contributed by atoms with E-state index in [1.54, 1.807) is 0 Å². The molecule has 2 N–H and O–H groups in total. The first-order valence-electron chi connectivity index (χ1n) is 7.55. The first-order chi connectivity index (χ1) is 8.54. The Labute approximate surface area is 113 Å². The fraction of sp³-hybridized carbons (Fsp3) is 0.933. The van der Waals surface area contributed by atoms with Crippen molar-refractivity contribution in [3.63, 3.8) is 0 Å². The van der Waals surface area contributed by atoms with Gasteiger partial charge in [0.25, 0.3) is 0 Å². The second-order valence-electron chi connectivity index (χ2n) is 5.68. The van der Waals surface area contributed by atoms with E-state index in [2.05, 4.69) is 24.5 Å². The molecule has 3 heteroatoms. The fourth-order valence-electron chi connectivity index (χ4n) is 1.76. The quantitative estimate of drug-likeness (QED) is 0.558. The lowest BCUT2D eigenvalue weighted by Gasteiger charge is -2.08. The molecular formula is C15H32N2O. The van der Waals surface area contributed by atoms with Gasteiger partial charge in [-0.15, -0.1) is 0 Å². The fourth-order valence-corrected chi connectivity index (χ4v) is 1.76. The highest BCUT2D eigenvalue weighted by Crippen LogP contribution is 2.04. The summed E-state index contributed by atoms with van der Waals surface area (Å²) in [4.78, 5) is 11.3. The Morgan fingerprint density at radius 3 is 1.83 bits per heavy atom. The summed E-state index contributed by atoms with van der Waals surface area (Å²) in [5, 5.41) is 6.39. The summed E-state index contributed by atoms with van der Waals surface area (Å²) in [5.41, 5.74) is 0. The van der Waals surface area contributed by atoms with Crippen molar-refractivity contribution in [2.24, 2.45) is 5.92 Å². The molecule has 1 amide bonds. The van der Waals surface area contributed by atoms with Gasteiger partial charge in [0.2, 0.25) is 5.91 Å². The Balaban J connectivity index is 3.10. The lowest BCUT2D eigenvalue weighted by molar-refractivity contribution is -0.123. The summed E-state index contributed by atoms with van der Waals surface area (Å²) in [6, 6.07) is 0.606. The van der Waals surface area contributed by atoms with Crippen LogP contribution in [0.25, 0.3) is 0 Å². The van der Waals surface area contributed by atoms with Gasteiger partial charge in [0.05, 0.1) is 0 Å². The maximum absolute atomic E-state index is 11.3. The summed E-state index contributed by atoms with van der Waals surface area (Å²) in [5.74, 6) is 0.285. The Morgan fingerprint density at radius 1 is 0.833 bits per heavy atom. The van der Waals surface area contributed by atoms with Gasteiger partial charge in [-0.1, -0.05) is 53.4 Å². The zero-order valence-electron chi connectivity index (χ0n) is 12.7. The van der Waals surface area contributed by atoms with Crippen LogP contribution in [0.5, 0.6) is 0 Å². The van der Waals surface area contributed by atoms with Crippen molar-refractivity contribution >= 4 is 5.91 Å².